The van der Waals surface area contributed by atoms with Crippen molar-refractivity contribution in [1.82, 2.24) is 0 Å². The summed E-state index contributed by atoms with van der Waals surface area (Å²) in [7, 11) is 0. The Bertz CT molecular complexity index is 335. The molecule has 1 fully saturated rings. The average molecular weight is 194 g/mol. The highest BCUT2D eigenvalue weighted by molar-refractivity contribution is 5.28. The Morgan fingerprint density at radius 3 is 2.79 bits per heavy atom. The number of benzene rings is 1. The molecule has 0 aromatic heterocycles. The van der Waals surface area contributed by atoms with Crippen molar-refractivity contribution < 1.29 is 9.50 Å². The topological polar surface area (TPSA) is 20.2 Å². The lowest BCUT2D eigenvalue weighted by atomic mass is 9.94. The lowest BCUT2D eigenvalue weighted by Crippen LogP contribution is -2.12. The van der Waals surface area contributed by atoms with Crippen LogP contribution in [0, 0.1) is 12.7 Å². The lowest BCUT2D eigenvalue weighted by molar-refractivity contribution is 0.162. The molecule has 2 atom stereocenters. The molecule has 1 aliphatic rings. The summed E-state index contributed by atoms with van der Waals surface area (Å²) in [6, 6.07) is 5.12. The third-order valence-corrected chi connectivity index (χ3v) is 3.03. The van der Waals surface area contributed by atoms with Crippen LogP contribution in [0.5, 0.6) is 0 Å². The van der Waals surface area contributed by atoms with Gasteiger partial charge in [-0.25, -0.2) is 4.39 Å². The SMILES string of the molecule is Cc1ccc(F)c(C2CCCC2O)c1. The maximum Gasteiger partial charge on any atom is 0.126 e. The number of rotatable bonds is 1. The van der Waals surface area contributed by atoms with Gasteiger partial charge in [-0.2, -0.15) is 0 Å². The van der Waals surface area contributed by atoms with E-state index < -0.39 is 0 Å². The molecule has 0 radical (unpaired) electrons. The van der Waals surface area contributed by atoms with Gasteiger partial charge < -0.3 is 5.11 Å². The molecule has 0 heterocycles. The van der Waals surface area contributed by atoms with Crippen molar-refractivity contribution in [2.45, 2.75) is 38.2 Å². The van der Waals surface area contributed by atoms with E-state index in [1.807, 2.05) is 13.0 Å². The highest BCUT2D eigenvalue weighted by atomic mass is 19.1. The molecule has 14 heavy (non-hydrogen) atoms. The van der Waals surface area contributed by atoms with Gasteiger partial charge in [0.25, 0.3) is 0 Å². The first-order valence-electron chi connectivity index (χ1n) is 5.12. The highest BCUT2D eigenvalue weighted by Crippen LogP contribution is 2.35. The molecule has 1 aromatic rings. The third kappa shape index (κ3) is 1.67. The lowest BCUT2D eigenvalue weighted by Gasteiger charge is -2.16. The van der Waals surface area contributed by atoms with Crippen LogP contribution in [0.25, 0.3) is 0 Å². The van der Waals surface area contributed by atoms with E-state index in [1.54, 1.807) is 6.07 Å². The molecule has 0 bridgehead atoms. The number of halogens is 1. The highest BCUT2D eigenvalue weighted by Gasteiger charge is 2.28. The quantitative estimate of drug-likeness (QED) is 0.728. The van der Waals surface area contributed by atoms with Crippen LogP contribution in [-0.2, 0) is 0 Å². The second-order valence-electron chi connectivity index (χ2n) is 4.13. The summed E-state index contributed by atoms with van der Waals surface area (Å²) in [6.45, 7) is 1.95. The summed E-state index contributed by atoms with van der Waals surface area (Å²) in [5.74, 6) is -0.170. The van der Waals surface area contributed by atoms with Crippen molar-refractivity contribution in [3.8, 4) is 0 Å². The summed E-state index contributed by atoms with van der Waals surface area (Å²) < 4.78 is 13.5. The van der Waals surface area contributed by atoms with Gasteiger partial charge in [-0.1, -0.05) is 24.1 Å². The molecule has 76 valence electrons. The molecule has 1 aliphatic carbocycles. The second-order valence-corrected chi connectivity index (χ2v) is 4.13. The number of aryl methyl sites for hydroxylation is 1. The summed E-state index contributed by atoms with van der Waals surface area (Å²) in [4.78, 5) is 0. The first-order valence-corrected chi connectivity index (χ1v) is 5.12. The first kappa shape index (κ1) is 9.66. The van der Waals surface area contributed by atoms with Crippen molar-refractivity contribution in [3.63, 3.8) is 0 Å². The smallest absolute Gasteiger partial charge is 0.126 e. The van der Waals surface area contributed by atoms with E-state index in [-0.39, 0.29) is 17.8 Å². The van der Waals surface area contributed by atoms with Gasteiger partial charge >= 0.3 is 0 Å². The molecule has 2 unspecified atom stereocenters. The zero-order chi connectivity index (χ0) is 10.1. The minimum absolute atomic E-state index is 0.00917. The largest absolute Gasteiger partial charge is 0.392 e. The van der Waals surface area contributed by atoms with Gasteiger partial charge in [0.1, 0.15) is 5.82 Å². The van der Waals surface area contributed by atoms with E-state index in [0.29, 0.717) is 5.56 Å². The Morgan fingerprint density at radius 1 is 1.36 bits per heavy atom. The van der Waals surface area contributed by atoms with Crippen molar-refractivity contribution in [2.75, 3.05) is 0 Å². The van der Waals surface area contributed by atoms with Crippen LogP contribution in [0.2, 0.25) is 0 Å². The summed E-state index contributed by atoms with van der Waals surface area (Å²) in [5.41, 5.74) is 1.75. The Balaban J connectivity index is 2.34. The van der Waals surface area contributed by atoms with Gasteiger partial charge in [0.05, 0.1) is 6.10 Å². The summed E-state index contributed by atoms with van der Waals surface area (Å²) in [5, 5.41) is 9.69. The minimum atomic E-state index is -0.355. The Morgan fingerprint density at radius 2 is 2.14 bits per heavy atom. The van der Waals surface area contributed by atoms with E-state index in [9.17, 15) is 9.50 Å². The van der Waals surface area contributed by atoms with Crippen molar-refractivity contribution >= 4 is 0 Å². The van der Waals surface area contributed by atoms with E-state index in [0.717, 1.165) is 24.8 Å². The molecular formula is C12H15FO. The maximum absolute atomic E-state index is 13.5. The molecule has 0 saturated heterocycles. The van der Waals surface area contributed by atoms with Crippen molar-refractivity contribution in [3.05, 3.63) is 35.1 Å². The molecule has 2 heteroatoms. The van der Waals surface area contributed by atoms with E-state index in [2.05, 4.69) is 0 Å². The fourth-order valence-electron chi connectivity index (χ4n) is 2.25. The molecule has 1 aromatic carbocycles. The predicted molar refractivity (Wildman–Crippen MR) is 53.7 cm³/mol. The van der Waals surface area contributed by atoms with Crippen LogP contribution in [0.15, 0.2) is 18.2 Å². The van der Waals surface area contributed by atoms with Gasteiger partial charge in [0.15, 0.2) is 0 Å². The average Bonchev–Trinajstić information content (AvgIpc) is 2.56. The molecule has 1 saturated carbocycles. The van der Waals surface area contributed by atoms with Gasteiger partial charge in [0, 0.05) is 5.92 Å². The molecule has 2 rings (SSSR count). The standard InChI is InChI=1S/C12H15FO/c1-8-5-6-11(13)10(7-8)9-3-2-4-12(9)14/h5-7,9,12,14H,2-4H2,1H3. The molecular weight excluding hydrogens is 179 g/mol. The van der Waals surface area contributed by atoms with Gasteiger partial charge in [-0.3, -0.25) is 0 Å². The van der Waals surface area contributed by atoms with Gasteiger partial charge in [0.2, 0.25) is 0 Å². The normalized spacial score (nSPS) is 26.8. The summed E-state index contributed by atoms with van der Waals surface area (Å²) >= 11 is 0. The molecule has 1 nitrogen and oxygen atoms in total. The van der Waals surface area contributed by atoms with Crippen molar-refractivity contribution in [2.24, 2.45) is 0 Å². The van der Waals surface area contributed by atoms with Crippen LogP contribution in [0.1, 0.15) is 36.3 Å². The number of aliphatic hydroxyl groups excluding tert-OH is 1. The number of hydrogen-bond donors (Lipinski definition) is 1. The van der Waals surface area contributed by atoms with E-state index in [4.69, 9.17) is 0 Å². The second kappa shape index (κ2) is 3.70. The van der Waals surface area contributed by atoms with E-state index >= 15 is 0 Å². The molecule has 0 aliphatic heterocycles. The number of hydrogen-bond acceptors (Lipinski definition) is 1. The fraction of sp³-hybridized carbons (Fsp3) is 0.500. The van der Waals surface area contributed by atoms with Crippen molar-refractivity contribution in [1.29, 1.82) is 0 Å². The zero-order valence-electron chi connectivity index (χ0n) is 8.33. The van der Waals surface area contributed by atoms with Crippen LogP contribution >= 0.6 is 0 Å². The molecule has 0 spiro atoms. The van der Waals surface area contributed by atoms with Crippen LogP contribution in [0.4, 0.5) is 4.39 Å². The Labute approximate surface area is 83.6 Å². The predicted octanol–water partition coefficient (Wildman–Crippen LogP) is 2.76. The number of aliphatic hydroxyl groups is 1. The van der Waals surface area contributed by atoms with Gasteiger partial charge in [-0.15, -0.1) is 0 Å². The Kier molecular flexibility index (Phi) is 2.55. The summed E-state index contributed by atoms with van der Waals surface area (Å²) in [6.07, 6.45) is 2.35. The van der Waals surface area contributed by atoms with E-state index in [1.165, 1.54) is 6.07 Å². The van der Waals surface area contributed by atoms with Crippen LogP contribution < -0.4 is 0 Å². The third-order valence-electron chi connectivity index (χ3n) is 3.03. The zero-order valence-corrected chi connectivity index (χ0v) is 8.33. The van der Waals surface area contributed by atoms with Crippen LogP contribution in [-0.4, -0.2) is 11.2 Å². The monoisotopic (exact) mass is 194 g/mol. The minimum Gasteiger partial charge on any atom is -0.392 e. The molecule has 1 N–H and O–H groups in total. The van der Waals surface area contributed by atoms with Gasteiger partial charge in [-0.05, 0) is 31.4 Å². The molecule has 0 amide bonds. The Hall–Kier alpha value is -0.890. The fourth-order valence-corrected chi connectivity index (χ4v) is 2.25. The van der Waals surface area contributed by atoms with Crippen LogP contribution in [0.3, 0.4) is 0 Å². The maximum atomic E-state index is 13.5. The first-order chi connectivity index (χ1) is 6.68.